The molecule has 0 aromatic rings. The molecule has 0 aromatic carbocycles. The molecule has 0 aliphatic carbocycles. The van der Waals surface area contributed by atoms with Crippen LogP contribution in [0.2, 0.25) is 0 Å². The van der Waals surface area contributed by atoms with Gasteiger partial charge in [0.15, 0.2) is 0 Å². The third kappa shape index (κ3) is 6.89. The molecule has 18 heavy (non-hydrogen) atoms. The highest BCUT2D eigenvalue weighted by molar-refractivity contribution is 5.93. The normalized spacial score (nSPS) is 12.6. The molecule has 0 saturated heterocycles. The monoisotopic (exact) mass is 253 g/mol. The van der Waals surface area contributed by atoms with Crippen LogP contribution in [-0.4, -0.2) is 17.0 Å². The number of nitrogens with two attached hydrogens (primary N) is 1. The molecular weight excluding hydrogens is 230 g/mol. The van der Waals surface area contributed by atoms with E-state index in [0.717, 1.165) is 25.7 Å². The number of carboxylic acid groups (broad SMARTS) is 1. The first kappa shape index (κ1) is 16.4. The van der Waals surface area contributed by atoms with Crippen LogP contribution in [0.4, 0.5) is 0 Å². The van der Waals surface area contributed by atoms with Gasteiger partial charge in [-0.3, -0.25) is 4.79 Å². The Morgan fingerprint density at radius 3 is 1.83 bits per heavy atom. The topological polar surface area (TPSA) is 80.4 Å². The molecule has 4 nitrogen and oxygen atoms in total. The Labute approximate surface area is 109 Å². The van der Waals surface area contributed by atoms with Crippen molar-refractivity contribution in [1.82, 2.24) is 0 Å². The number of rotatable bonds is 9. The second-order valence-corrected chi connectivity index (χ2v) is 4.26. The smallest absolute Gasteiger partial charge is 0.331 e. The molecule has 0 saturated carbocycles. The number of amides is 1. The van der Waals surface area contributed by atoms with Gasteiger partial charge in [-0.15, -0.1) is 0 Å². The van der Waals surface area contributed by atoms with Crippen LogP contribution in [-0.2, 0) is 9.59 Å². The lowest BCUT2D eigenvalue weighted by Gasteiger charge is -2.02. The largest absolute Gasteiger partial charge is 0.478 e. The molecule has 102 valence electrons. The number of hydrogen-bond acceptors (Lipinski definition) is 2. The first-order valence-electron chi connectivity index (χ1n) is 6.45. The Morgan fingerprint density at radius 2 is 1.44 bits per heavy atom. The maximum Gasteiger partial charge on any atom is 0.331 e. The molecule has 0 aliphatic heterocycles. The average Bonchev–Trinajstić information content (AvgIpc) is 2.31. The van der Waals surface area contributed by atoms with Crippen LogP contribution in [0, 0.1) is 0 Å². The van der Waals surface area contributed by atoms with Crippen molar-refractivity contribution in [2.75, 3.05) is 0 Å². The first-order valence-corrected chi connectivity index (χ1v) is 6.45. The van der Waals surface area contributed by atoms with E-state index in [2.05, 4.69) is 0 Å². The van der Waals surface area contributed by atoms with Gasteiger partial charge in [-0.1, -0.05) is 38.8 Å². The van der Waals surface area contributed by atoms with Crippen molar-refractivity contribution >= 4 is 11.9 Å². The highest BCUT2D eigenvalue weighted by Crippen LogP contribution is 2.11. The van der Waals surface area contributed by atoms with Crippen molar-refractivity contribution in [3.05, 3.63) is 23.3 Å². The maximum absolute atomic E-state index is 11.2. The quantitative estimate of drug-likeness (QED) is 0.489. The molecule has 3 N–H and O–H groups in total. The van der Waals surface area contributed by atoms with Gasteiger partial charge in [0.25, 0.3) is 0 Å². The lowest BCUT2D eigenvalue weighted by Crippen LogP contribution is -2.14. The van der Waals surface area contributed by atoms with Crippen molar-refractivity contribution < 1.29 is 14.7 Å². The van der Waals surface area contributed by atoms with Gasteiger partial charge in [0.1, 0.15) is 0 Å². The number of allylic oxidation sites excluding steroid dienone is 2. The summed E-state index contributed by atoms with van der Waals surface area (Å²) in [6.45, 7) is 4.03. The summed E-state index contributed by atoms with van der Waals surface area (Å²) in [4.78, 5) is 22.2. The standard InChI is InChI=1S/C14H23NO3/c1-3-5-7-11(13(15)16)9-10-12(14(17)18)8-6-4-2/h9-10H,3-8H2,1-2H3,(H2,15,16)(H,17,18). The van der Waals surface area contributed by atoms with Crippen LogP contribution in [0.3, 0.4) is 0 Å². The summed E-state index contributed by atoms with van der Waals surface area (Å²) >= 11 is 0. The zero-order chi connectivity index (χ0) is 14.0. The maximum atomic E-state index is 11.2. The third-order valence-corrected chi connectivity index (χ3v) is 2.68. The zero-order valence-corrected chi connectivity index (χ0v) is 11.2. The van der Waals surface area contributed by atoms with E-state index in [0.29, 0.717) is 24.0 Å². The minimum Gasteiger partial charge on any atom is -0.478 e. The van der Waals surface area contributed by atoms with Gasteiger partial charge in [0, 0.05) is 11.1 Å². The summed E-state index contributed by atoms with van der Waals surface area (Å²) in [5.74, 6) is -1.40. The van der Waals surface area contributed by atoms with Gasteiger partial charge in [-0.25, -0.2) is 4.79 Å². The highest BCUT2D eigenvalue weighted by atomic mass is 16.4. The van der Waals surface area contributed by atoms with Crippen LogP contribution in [0.5, 0.6) is 0 Å². The molecule has 0 rings (SSSR count). The summed E-state index contributed by atoms with van der Waals surface area (Å²) in [5.41, 5.74) is 6.07. The van der Waals surface area contributed by atoms with E-state index >= 15 is 0 Å². The minimum absolute atomic E-state index is 0.326. The number of carbonyl (C=O) groups excluding carboxylic acids is 1. The summed E-state index contributed by atoms with van der Waals surface area (Å²) in [7, 11) is 0. The van der Waals surface area contributed by atoms with Gasteiger partial charge in [-0.05, 0) is 25.7 Å². The van der Waals surface area contributed by atoms with Crippen molar-refractivity contribution in [1.29, 1.82) is 0 Å². The van der Waals surface area contributed by atoms with Gasteiger partial charge in [-0.2, -0.15) is 0 Å². The Balaban J connectivity index is 4.82. The van der Waals surface area contributed by atoms with Gasteiger partial charge < -0.3 is 10.8 Å². The van der Waals surface area contributed by atoms with Crippen molar-refractivity contribution in [3.63, 3.8) is 0 Å². The number of unbranched alkanes of at least 4 members (excludes halogenated alkanes) is 2. The summed E-state index contributed by atoms with van der Waals surface area (Å²) < 4.78 is 0. The molecular formula is C14H23NO3. The van der Waals surface area contributed by atoms with E-state index in [1.165, 1.54) is 6.08 Å². The molecule has 0 heterocycles. The lowest BCUT2D eigenvalue weighted by atomic mass is 10.0. The van der Waals surface area contributed by atoms with Gasteiger partial charge in [0.05, 0.1) is 0 Å². The van der Waals surface area contributed by atoms with Crippen LogP contribution >= 0.6 is 0 Å². The van der Waals surface area contributed by atoms with Crippen molar-refractivity contribution in [2.45, 2.75) is 52.4 Å². The molecule has 0 spiro atoms. The zero-order valence-electron chi connectivity index (χ0n) is 11.2. The molecule has 0 unspecified atom stereocenters. The van der Waals surface area contributed by atoms with Crippen LogP contribution in [0.1, 0.15) is 52.4 Å². The van der Waals surface area contributed by atoms with Gasteiger partial charge >= 0.3 is 5.97 Å². The number of hydrogen-bond donors (Lipinski definition) is 2. The molecule has 0 aromatic heterocycles. The summed E-state index contributed by atoms with van der Waals surface area (Å²) in [6, 6.07) is 0. The lowest BCUT2D eigenvalue weighted by molar-refractivity contribution is -0.132. The Kier molecular flexibility index (Phi) is 8.62. The molecule has 0 aliphatic rings. The molecule has 1 amide bonds. The fourth-order valence-electron chi connectivity index (χ4n) is 1.49. The van der Waals surface area contributed by atoms with E-state index in [1.807, 2.05) is 13.8 Å². The molecule has 0 radical (unpaired) electrons. The predicted molar refractivity (Wildman–Crippen MR) is 72.0 cm³/mol. The van der Waals surface area contributed by atoms with E-state index in [-0.39, 0.29) is 0 Å². The average molecular weight is 253 g/mol. The van der Waals surface area contributed by atoms with E-state index < -0.39 is 11.9 Å². The minimum atomic E-state index is -0.931. The van der Waals surface area contributed by atoms with Crippen molar-refractivity contribution in [2.24, 2.45) is 5.73 Å². The second kappa shape index (κ2) is 9.45. The number of aliphatic carboxylic acids is 1. The fraction of sp³-hybridized carbons (Fsp3) is 0.571. The number of carboxylic acids is 1. The number of primary amides is 1. The van der Waals surface area contributed by atoms with Crippen molar-refractivity contribution in [3.8, 4) is 0 Å². The fourth-order valence-corrected chi connectivity index (χ4v) is 1.49. The molecule has 4 heteroatoms. The molecule has 0 atom stereocenters. The summed E-state index contributed by atoms with van der Waals surface area (Å²) in [5, 5.41) is 9.01. The SMILES string of the molecule is CCCCC(=CC=C(CCCC)C(=O)O)C(N)=O. The summed E-state index contributed by atoms with van der Waals surface area (Å²) in [6.07, 6.45) is 7.78. The second-order valence-electron chi connectivity index (χ2n) is 4.26. The molecule has 0 bridgehead atoms. The Bertz CT molecular complexity index is 309. The highest BCUT2D eigenvalue weighted by Gasteiger charge is 2.07. The Hall–Kier alpha value is -1.58. The van der Waals surface area contributed by atoms with Crippen LogP contribution in [0.15, 0.2) is 23.3 Å². The molecule has 0 fully saturated rings. The van der Waals surface area contributed by atoms with Crippen LogP contribution in [0.25, 0.3) is 0 Å². The van der Waals surface area contributed by atoms with E-state index in [9.17, 15) is 9.59 Å². The van der Waals surface area contributed by atoms with E-state index in [1.54, 1.807) is 6.08 Å². The van der Waals surface area contributed by atoms with Crippen LogP contribution < -0.4 is 5.73 Å². The van der Waals surface area contributed by atoms with E-state index in [4.69, 9.17) is 10.8 Å². The Morgan fingerprint density at radius 1 is 1.00 bits per heavy atom. The number of carbonyl (C=O) groups is 2. The predicted octanol–water partition coefficient (Wildman–Crippen LogP) is 2.79. The first-order chi connectivity index (χ1) is 8.52. The van der Waals surface area contributed by atoms with Gasteiger partial charge in [0.2, 0.25) is 5.91 Å². The third-order valence-electron chi connectivity index (χ3n) is 2.68.